The maximum atomic E-state index is 9.30. The van der Waals surface area contributed by atoms with E-state index >= 15 is 0 Å². The van der Waals surface area contributed by atoms with Crippen LogP contribution in [0.2, 0.25) is 0 Å². The van der Waals surface area contributed by atoms with Gasteiger partial charge in [0.2, 0.25) is 0 Å². The number of aromatic hydroxyl groups is 1. The Morgan fingerprint density at radius 1 is 1.50 bits per heavy atom. The molecule has 0 amide bonds. The Hall–Kier alpha value is -1.71. The van der Waals surface area contributed by atoms with Gasteiger partial charge in [0.25, 0.3) is 0 Å². The fourth-order valence-corrected chi connectivity index (χ4v) is 1.00. The molecule has 0 radical (unpaired) electrons. The molecule has 1 N–H and O–H groups in total. The van der Waals surface area contributed by atoms with E-state index in [2.05, 4.69) is 4.98 Å². The Morgan fingerprint density at radius 2 is 2.33 bits per heavy atom. The lowest BCUT2D eigenvalue weighted by Crippen LogP contribution is -1.79. The van der Waals surface area contributed by atoms with E-state index in [4.69, 9.17) is 9.15 Å². The number of fused-ring (bicyclic) bond motifs is 1. The largest absolute Gasteiger partial charge is 0.506 e. The number of hydrogen-bond donors (Lipinski definition) is 1. The number of para-hydroxylation sites is 1. The summed E-state index contributed by atoms with van der Waals surface area (Å²) in [5.41, 5.74) is 0.946. The van der Waals surface area contributed by atoms with Gasteiger partial charge in [0.15, 0.2) is 11.1 Å². The van der Waals surface area contributed by atoms with Crippen molar-refractivity contribution in [3.05, 3.63) is 18.2 Å². The van der Waals surface area contributed by atoms with Crippen LogP contribution in [0.5, 0.6) is 11.8 Å². The molecule has 0 atom stereocenters. The van der Waals surface area contributed by atoms with E-state index in [1.807, 2.05) is 0 Å². The number of oxazole rings is 1. The molecule has 1 heterocycles. The minimum atomic E-state index is 0.0968. The number of nitrogens with zero attached hydrogens (tertiary/aromatic N) is 1. The van der Waals surface area contributed by atoms with E-state index in [-0.39, 0.29) is 11.8 Å². The van der Waals surface area contributed by atoms with Gasteiger partial charge < -0.3 is 14.3 Å². The van der Waals surface area contributed by atoms with Crippen molar-refractivity contribution in [1.82, 2.24) is 4.98 Å². The molecule has 1 aromatic carbocycles. The predicted octanol–water partition coefficient (Wildman–Crippen LogP) is 1.54. The molecule has 12 heavy (non-hydrogen) atoms. The summed E-state index contributed by atoms with van der Waals surface area (Å²) >= 11 is 0. The highest BCUT2D eigenvalue weighted by atomic mass is 16.6. The molecule has 0 aliphatic rings. The molecular formula is C8H7NO3. The molecule has 0 saturated heterocycles. The van der Waals surface area contributed by atoms with Gasteiger partial charge in [-0.3, -0.25) is 0 Å². The average molecular weight is 165 g/mol. The fraction of sp³-hybridized carbons (Fsp3) is 0.125. The first kappa shape index (κ1) is 6.97. The summed E-state index contributed by atoms with van der Waals surface area (Å²) in [5.74, 6) is 0.0968. The van der Waals surface area contributed by atoms with Crippen LogP contribution in [0.15, 0.2) is 22.6 Å². The van der Waals surface area contributed by atoms with E-state index in [1.54, 1.807) is 18.2 Å². The van der Waals surface area contributed by atoms with Crippen LogP contribution >= 0.6 is 0 Å². The highest BCUT2D eigenvalue weighted by Gasteiger charge is 2.07. The molecule has 62 valence electrons. The number of hydrogen-bond acceptors (Lipinski definition) is 4. The smallest absolute Gasteiger partial charge is 0.394 e. The van der Waals surface area contributed by atoms with Crippen LogP contribution in [-0.4, -0.2) is 17.2 Å². The van der Waals surface area contributed by atoms with Crippen LogP contribution in [0.4, 0.5) is 0 Å². The Bertz CT molecular complexity index is 408. The van der Waals surface area contributed by atoms with Crippen molar-refractivity contribution in [3.63, 3.8) is 0 Å². The van der Waals surface area contributed by atoms with Crippen molar-refractivity contribution in [2.45, 2.75) is 0 Å². The van der Waals surface area contributed by atoms with E-state index in [0.717, 1.165) is 0 Å². The molecule has 2 aromatic rings. The van der Waals surface area contributed by atoms with Gasteiger partial charge in [-0.15, -0.1) is 0 Å². The maximum absolute atomic E-state index is 9.30. The summed E-state index contributed by atoms with van der Waals surface area (Å²) in [4.78, 5) is 3.89. The molecule has 0 bridgehead atoms. The first-order valence-electron chi connectivity index (χ1n) is 3.44. The second-order valence-corrected chi connectivity index (χ2v) is 2.31. The normalized spacial score (nSPS) is 10.4. The summed E-state index contributed by atoms with van der Waals surface area (Å²) < 4.78 is 9.87. The SMILES string of the molecule is COc1nc2c(O)cccc2o1. The third-order valence-corrected chi connectivity index (χ3v) is 1.55. The molecule has 0 aliphatic carbocycles. The Labute approximate surface area is 68.4 Å². The van der Waals surface area contributed by atoms with Crippen LogP contribution in [0, 0.1) is 0 Å². The number of benzene rings is 1. The first-order chi connectivity index (χ1) is 5.81. The maximum Gasteiger partial charge on any atom is 0.394 e. The van der Waals surface area contributed by atoms with E-state index in [0.29, 0.717) is 11.1 Å². The molecule has 0 spiro atoms. The van der Waals surface area contributed by atoms with Crippen LogP contribution in [0.25, 0.3) is 11.1 Å². The number of ether oxygens (including phenoxy) is 1. The van der Waals surface area contributed by atoms with Crippen LogP contribution in [0.1, 0.15) is 0 Å². The van der Waals surface area contributed by atoms with Gasteiger partial charge in [0.1, 0.15) is 5.75 Å². The van der Waals surface area contributed by atoms with Crippen molar-refractivity contribution in [1.29, 1.82) is 0 Å². The Balaban J connectivity index is 2.74. The van der Waals surface area contributed by atoms with Crippen molar-refractivity contribution >= 4 is 11.1 Å². The summed E-state index contributed by atoms with van der Waals surface area (Å²) in [7, 11) is 1.46. The quantitative estimate of drug-likeness (QED) is 0.696. The van der Waals surface area contributed by atoms with Gasteiger partial charge in [0, 0.05) is 0 Å². The Kier molecular flexibility index (Phi) is 1.40. The highest BCUT2D eigenvalue weighted by molar-refractivity contribution is 5.79. The van der Waals surface area contributed by atoms with Crippen molar-refractivity contribution in [2.24, 2.45) is 0 Å². The zero-order valence-corrected chi connectivity index (χ0v) is 6.44. The lowest BCUT2D eigenvalue weighted by molar-refractivity contribution is 0.299. The molecule has 1 aromatic heterocycles. The minimum Gasteiger partial charge on any atom is -0.506 e. The lowest BCUT2D eigenvalue weighted by atomic mass is 10.3. The van der Waals surface area contributed by atoms with Crippen molar-refractivity contribution < 1.29 is 14.3 Å². The fourth-order valence-electron chi connectivity index (χ4n) is 1.00. The predicted molar refractivity (Wildman–Crippen MR) is 42.2 cm³/mol. The third kappa shape index (κ3) is 0.887. The monoisotopic (exact) mass is 165 g/mol. The van der Waals surface area contributed by atoms with Gasteiger partial charge in [-0.1, -0.05) is 6.07 Å². The zero-order chi connectivity index (χ0) is 8.55. The van der Waals surface area contributed by atoms with Crippen LogP contribution in [-0.2, 0) is 0 Å². The van der Waals surface area contributed by atoms with Crippen LogP contribution in [0.3, 0.4) is 0 Å². The molecule has 0 unspecified atom stereocenters. The number of rotatable bonds is 1. The van der Waals surface area contributed by atoms with Crippen molar-refractivity contribution in [3.8, 4) is 11.8 Å². The number of phenolic OH excluding ortho intramolecular Hbond substituents is 1. The molecule has 2 rings (SSSR count). The molecule has 0 fully saturated rings. The second kappa shape index (κ2) is 2.41. The van der Waals surface area contributed by atoms with E-state index in [1.165, 1.54) is 7.11 Å². The molecule has 4 heteroatoms. The third-order valence-electron chi connectivity index (χ3n) is 1.55. The highest BCUT2D eigenvalue weighted by Crippen LogP contribution is 2.26. The summed E-state index contributed by atoms with van der Waals surface area (Å²) in [6, 6.07) is 4.94. The number of methoxy groups -OCH3 is 1. The zero-order valence-electron chi connectivity index (χ0n) is 6.44. The summed E-state index contributed by atoms with van der Waals surface area (Å²) in [5, 5.41) is 9.30. The van der Waals surface area contributed by atoms with Gasteiger partial charge in [0.05, 0.1) is 7.11 Å². The Morgan fingerprint density at radius 3 is 3.00 bits per heavy atom. The van der Waals surface area contributed by atoms with Gasteiger partial charge in [-0.2, -0.15) is 4.98 Å². The molecule has 0 saturated carbocycles. The minimum absolute atomic E-state index is 0.0968. The summed E-state index contributed by atoms with van der Waals surface area (Å²) in [6.45, 7) is 0. The molecule has 0 aliphatic heterocycles. The topological polar surface area (TPSA) is 55.5 Å². The standard InChI is InChI=1S/C8H7NO3/c1-11-8-9-7-5(10)3-2-4-6(7)12-8/h2-4,10H,1H3. The van der Waals surface area contributed by atoms with Crippen LogP contribution < -0.4 is 4.74 Å². The summed E-state index contributed by atoms with van der Waals surface area (Å²) in [6.07, 6.45) is 0.159. The lowest BCUT2D eigenvalue weighted by Gasteiger charge is -1.87. The number of phenols is 1. The molecular weight excluding hydrogens is 158 g/mol. The van der Waals surface area contributed by atoms with Gasteiger partial charge in [-0.25, -0.2) is 0 Å². The average Bonchev–Trinajstić information content (AvgIpc) is 2.49. The number of aromatic nitrogens is 1. The van der Waals surface area contributed by atoms with Crippen molar-refractivity contribution in [2.75, 3.05) is 7.11 Å². The molecule has 4 nitrogen and oxygen atoms in total. The second-order valence-electron chi connectivity index (χ2n) is 2.31. The first-order valence-corrected chi connectivity index (χ1v) is 3.44. The van der Waals surface area contributed by atoms with E-state index < -0.39 is 0 Å². The van der Waals surface area contributed by atoms with Gasteiger partial charge >= 0.3 is 6.08 Å². The van der Waals surface area contributed by atoms with Gasteiger partial charge in [-0.05, 0) is 12.1 Å². The van der Waals surface area contributed by atoms with E-state index in [9.17, 15) is 5.11 Å².